The zero-order valence-corrected chi connectivity index (χ0v) is 15.5. The molecule has 0 unspecified atom stereocenters. The van der Waals surface area contributed by atoms with Crippen molar-refractivity contribution < 1.29 is 9.21 Å². The van der Waals surface area contributed by atoms with Gasteiger partial charge in [-0.3, -0.25) is 9.59 Å². The van der Waals surface area contributed by atoms with Gasteiger partial charge in [-0.15, -0.1) is 0 Å². The first-order valence-electron chi connectivity index (χ1n) is 8.95. The molecule has 0 spiro atoms. The lowest BCUT2D eigenvalue weighted by Gasteiger charge is -2.27. The van der Waals surface area contributed by atoms with Gasteiger partial charge >= 0.3 is 0 Å². The molecule has 28 heavy (non-hydrogen) atoms. The molecule has 0 saturated carbocycles. The Labute approximate surface area is 164 Å². The standard InChI is InChI=1S/C21H16ClN3O3/c22-12-3-5-16-14(10-12)15-11-25(8-7-17(15)23-16)21(27)13-4-6-18(24-20(13)26)19-2-1-9-28-19/h1-6,9-10,23H,7-8,11H2,(H,24,26). The molecule has 1 aliphatic rings. The summed E-state index contributed by atoms with van der Waals surface area (Å²) in [5.74, 6) is 0.267. The van der Waals surface area contributed by atoms with Crippen LogP contribution in [0.4, 0.5) is 0 Å². The zero-order valence-electron chi connectivity index (χ0n) is 14.8. The van der Waals surface area contributed by atoms with Gasteiger partial charge < -0.3 is 19.3 Å². The molecule has 0 saturated heterocycles. The van der Waals surface area contributed by atoms with Crippen LogP contribution in [-0.4, -0.2) is 27.3 Å². The molecular formula is C21H16ClN3O3. The highest BCUT2D eigenvalue weighted by atomic mass is 35.5. The molecule has 6 nitrogen and oxygen atoms in total. The summed E-state index contributed by atoms with van der Waals surface area (Å²) in [4.78, 5) is 33.3. The van der Waals surface area contributed by atoms with E-state index < -0.39 is 5.56 Å². The van der Waals surface area contributed by atoms with Crippen molar-refractivity contribution in [3.8, 4) is 11.5 Å². The Morgan fingerprint density at radius 3 is 2.82 bits per heavy atom. The van der Waals surface area contributed by atoms with Crippen LogP contribution in [0.1, 0.15) is 21.6 Å². The van der Waals surface area contributed by atoms with Crippen molar-refractivity contribution in [1.29, 1.82) is 0 Å². The Morgan fingerprint density at radius 1 is 1.14 bits per heavy atom. The second-order valence-electron chi connectivity index (χ2n) is 6.84. The van der Waals surface area contributed by atoms with E-state index in [-0.39, 0.29) is 11.5 Å². The van der Waals surface area contributed by atoms with Crippen molar-refractivity contribution in [2.45, 2.75) is 13.0 Å². The van der Waals surface area contributed by atoms with E-state index in [1.165, 1.54) is 6.26 Å². The average Bonchev–Trinajstić information content (AvgIpc) is 3.35. The molecule has 2 N–H and O–H groups in total. The lowest BCUT2D eigenvalue weighted by Crippen LogP contribution is -2.38. The lowest BCUT2D eigenvalue weighted by molar-refractivity contribution is 0.0733. The number of rotatable bonds is 2. The van der Waals surface area contributed by atoms with Gasteiger partial charge in [-0.25, -0.2) is 0 Å². The number of aromatic nitrogens is 2. The minimum Gasteiger partial charge on any atom is -0.463 e. The summed E-state index contributed by atoms with van der Waals surface area (Å²) in [5, 5.41) is 1.67. The Balaban J connectivity index is 1.46. The Kier molecular flexibility index (Phi) is 3.87. The van der Waals surface area contributed by atoms with Crippen molar-refractivity contribution in [2.75, 3.05) is 6.54 Å². The van der Waals surface area contributed by atoms with Gasteiger partial charge in [-0.05, 0) is 42.5 Å². The fraction of sp³-hybridized carbons (Fsp3) is 0.143. The second-order valence-corrected chi connectivity index (χ2v) is 7.28. The number of halogens is 1. The van der Waals surface area contributed by atoms with Gasteiger partial charge in [0.2, 0.25) is 0 Å². The van der Waals surface area contributed by atoms with E-state index in [9.17, 15) is 9.59 Å². The van der Waals surface area contributed by atoms with Gasteiger partial charge in [0.05, 0.1) is 12.0 Å². The minimum absolute atomic E-state index is 0.122. The van der Waals surface area contributed by atoms with Gasteiger partial charge in [0.1, 0.15) is 11.3 Å². The molecule has 1 aliphatic heterocycles. The molecule has 3 aromatic heterocycles. The Morgan fingerprint density at radius 2 is 2.04 bits per heavy atom. The first kappa shape index (κ1) is 16.9. The number of pyridine rings is 1. The third-order valence-electron chi connectivity index (χ3n) is 5.15. The van der Waals surface area contributed by atoms with Crippen molar-refractivity contribution in [2.24, 2.45) is 0 Å². The van der Waals surface area contributed by atoms with Gasteiger partial charge in [0.25, 0.3) is 11.5 Å². The number of furan rings is 1. The van der Waals surface area contributed by atoms with Crippen LogP contribution in [0.15, 0.2) is 57.9 Å². The van der Waals surface area contributed by atoms with Gasteiger partial charge in [0.15, 0.2) is 0 Å². The molecule has 0 bridgehead atoms. The highest BCUT2D eigenvalue weighted by Crippen LogP contribution is 2.30. The van der Waals surface area contributed by atoms with Crippen LogP contribution in [-0.2, 0) is 13.0 Å². The van der Waals surface area contributed by atoms with Crippen LogP contribution >= 0.6 is 11.6 Å². The van der Waals surface area contributed by atoms with E-state index in [0.29, 0.717) is 36.0 Å². The van der Waals surface area contributed by atoms with Gasteiger partial charge in [-0.1, -0.05) is 11.6 Å². The van der Waals surface area contributed by atoms with Crippen LogP contribution in [0, 0.1) is 0 Å². The summed E-state index contributed by atoms with van der Waals surface area (Å²) in [7, 11) is 0. The summed E-state index contributed by atoms with van der Waals surface area (Å²) >= 11 is 6.14. The van der Waals surface area contributed by atoms with Gasteiger partial charge in [0, 0.05) is 46.7 Å². The van der Waals surface area contributed by atoms with Crippen LogP contribution in [0.5, 0.6) is 0 Å². The Hall–Kier alpha value is -3.25. The fourth-order valence-corrected chi connectivity index (χ4v) is 3.92. The number of hydrogen-bond donors (Lipinski definition) is 2. The maximum atomic E-state index is 13.0. The predicted molar refractivity (Wildman–Crippen MR) is 107 cm³/mol. The van der Waals surface area contributed by atoms with Crippen molar-refractivity contribution >= 4 is 28.4 Å². The van der Waals surface area contributed by atoms with E-state index >= 15 is 0 Å². The summed E-state index contributed by atoms with van der Waals surface area (Å²) in [6, 6.07) is 12.4. The predicted octanol–water partition coefficient (Wildman–Crippen LogP) is 3.97. The first-order valence-corrected chi connectivity index (χ1v) is 9.33. The van der Waals surface area contributed by atoms with Gasteiger partial charge in [-0.2, -0.15) is 0 Å². The molecule has 0 radical (unpaired) electrons. The van der Waals surface area contributed by atoms with E-state index in [1.807, 2.05) is 18.2 Å². The van der Waals surface area contributed by atoms with E-state index in [1.54, 1.807) is 29.2 Å². The maximum Gasteiger partial charge on any atom is 0.261 e. The number of nitrogens with one attached hydrogen (secondary N) is 2. The summed E-state index contributed by atoms with van der Waals surface area (Å²) in [6.07, 6.45) is 2.24. The minimum atomic E-state index is -0.424. The molecule has 4 heterocycles. The van der Waals surface area contributed by atoms with E-state index in [4.69, 9.17) is 16.0 Å². The lowest BCUT2D eigenvalue weighted by atomic mass is 10.0. The van der Waals surface area contributed by atoms with E-state index in [0.717, 1.165) is 22.2 Å². The largest absolute Gasteiger partial charge is 0.463 e. The summed E-state index contributed by atoms with van der Waals surface area (Å²) in [5.41, 5.74) is 3.41. The number of nitrogens with zero attached hydrogens (tertiary/aromatic N) is 1. The highest BCUT2D eigenvalue weighted by molar-refractivity contribution is 6.31. The number of hydrogen-bond acceptors (Lipinski definition) is 3. The average molecular weight is 394 g/mol. The summed E-state index contributed by atoms with van der Waals surface area (Å²) < 4.78 is 5.29. The quantitative estimate of drug-likeness (QED) is 0.540. The van der Waals surface area contributed by atoms with Crippen LogP contribution < -0.4 is 5.56 Å². The molecule has 4 aromatic rings. The number of carbonyl (C=O) groups is 1. The first-order chi connectivity index (χ1) is 13.6. The van der Waals surface area contributed by atoms with Crippen LogP contribution in [0.2, 0.25) is 5.02 Å². The number of fused-ring (bicyclic) bond motifs is 3. The summed E-state index contributed by atoms with van der Waals surface area (Å²) in [6.45, 7) is 0.986. The topological polar surface area (TPSA) is 82.1 Å². The van der Waals surface area contributed by atoms with E-state index in [2.05, 4.69) is 9.97 Å². The molecule has 140 valence electrons. The Bertz CT molecular complexity index is 1250. The molecule has 0 aliphatic carbocycles. The normalized spacial score (nSPS) is 13.7. The smallest absolute Gasteiger partial charge is 0.261 e. The number of aromatic amines is 2. The molecular weight excluding hydrogens is 378 g/mol. The monoisotopic (exact) mass is 393 g/mol. The molecule has 0 atom stereocenters. The SMILES string of the molecule is O=C(c1ccc(-c2ccco2)[nH]c1=O)N1CCc2[nH]c3ccc(Cl)cc3c2C1. The van der Waals surface area contributed by atoms with Crippen molar-refractivity contribution in [3.05, 3.63) is 80.9 Å². The number of H-pyrrole nitrogens is 2. The van der Waals surface area contributed by atoms with Crippen LogP contribution in [0.3, 0.4) is 0 Å². The fourth-order valence-electron chi connectivity index (χ4n) is 3.75. The molecule has 7 heteroatoms. The third-order valence-corrected chi connectivity index (χ3v) is 5.39. The number of carbonyl (C=O) groups excluding carboxylic acids is 1. The van der Waals surface area contributed by atoms with Crippen LogP contribution in [0.25, 0.3) is 22.4 Å². The second kappa shape index (κ2) is 6.42. The van der Waals surface area contributed by atoms with Crippen molar-refractivity contribution in [3.63, 3.8) is 0 Å². The highest BCUT2D eigenvalue weighted by Gasteiger charge is 2.26. The molecule has 1 aromatic carbocycles. The molecule has 5 rings (SSSR count). The zero-order chi connectivity index (χ0) is 19.3. The molecule has 1 amide bonds. The number of amides is 1. The van der Waals surface area contributed by atoms with Crippen molar-refractivity contribution in [1.82, 2.24) is 14.9 Å². The maximum absolute atomic E-state index is 13.0. The number of benzene rings is 1. The molecule has 0 fully saturated rings. The third kappa shape index (κ3) is 2.73.